The molecule has 1 unspecified atom stereocenters. The third kappa shape index (κ3) is 3.73. The Labute approximate surface area is 151 Å². The van der Waals surface area contributed by atoms with Crippen LogP contribution < -0.4 is 0 Å². The number of amides is 1. The van der Waals surface area contributed by atoms with Crippen molar-refractivity contribution in [2.75, 3.05) is 20.8 Å². The zero-order chi connectivity index (χ0) is 18.5. The molecule has 0 aliphatic carbocycles. The topological polar surface area (TPSA) is 91.3 Å². The van der Waals surface area contributed by atoms with E-state index in [1.165, 1.54) is 0 Å². The number of rotatable bonds is 6. The van der Waals surface area contributed by atoms with E-state index in [-0.39, 0.29) is 17.7 Å². The minimum Gasteiger partial charge on any atom is -0.508 e. The zero-order valence-corrected chi connectivity index (χ0v) is 14.6. The number of aromatic nitrogens is 3. The Balaban J connectivity index is 1.82. The number of carbonyl (C=O) groups excluding carboxylic acids is 1. The van der Waals surface area contributed by atoms with Crippen LogP contribution in [-0.4, -0.2) is 51.9 Å². The van der Waals surface area contributed by atoms with Gasteiger partial charge in [0.1, 0.15) is 11.4 Å². The van der Waals surface area contributed by atoms with E-state index in [0.717, 1.165) is 11.3 Å². The monoisotopic (exact) mass is 352 g/mol. The molecule has 2 heterocycles. The number of pyridine rings is 1. The number of H-pyrrole nitrogens is 1. The number of nitrogens with one attached hydrogen (secondary N) is 1. The van der Waals surface area contributed by atoms with E-state index >= 15 is 0 Å². The normalized spacial score (nSPS) is 11.9. The maximum absolute atomic E-state index is 12.9. The molecule has 2 aromatic heterocycles. The molecule has 134 valence electrons. The molecule has 0 aliphatic rings. The van der Waals surface area contributed by atoms with Gasteiger partial charge in [-0.15, -0.1) is 0 Å². The van der Waals surface area contributed by atoms with Crippen molar-refractivity contribution in [2.24, 2.45) is 0 Å². The predicted octanol–water partition coefficient (Wildman–Crippen LogP) is 2.64. The molecule has 1 aromatic carbocycles. The van der Waals surface area contributed by atoms with Gasteiger partial charge in [0.15, 0.2) is 0 Å². The smallest absolute Gasteiger partial charge is 0.272 e. The molecule has 7 nitrogen and oxygen atoms in total. The number of carbonyl (C=O) groups is 1. The Hall–Kier alpha value is -3.19. The molecule has 3 rings (SSSR count). The minimum absolute atomic E-state index is 0.179. The van der Waals surface area contributed by atoms with Crippen LogP contribution in [0.3, 0.4) is 0 Å². The number of aromatic hydroxyl groups is 1. The lowest BCUT2D eigenvalue weighted by molar-refractivity contribution is 0.0589. The van der Waals surface area contributed by atoms with Gasteiger partial charge < -0.3 is 14.7 Å². The van der Waals surface area contributed by atoms with Gasteiger partial charge in [-0.3, -0.25) is 14.9 Å². The zero-order valence-electron chi connectivity index (χ0n) is 14.6. The Morgan fingerprint density at radius 2 is 2.04 bits per heavy atom. The average molecular weight is 352 g/mol. The Morgan fingerprint density at radius 1 is 1.27 bits per heavy atom. The summed E-state index contributed by atoms with van der Waals surface area (Å²) in [6, 6.07) is 13.6. The van der Waals surface area contributed by atoms with Gasteiger partial charge in [0.05, 0.1) is 24.0 Å². The van der Waals surface area contributed by atoms with E-state index in [4.69, 9.17) is 4.74 Å². The lowest BCUT2D eigenvalue weighted by Gasteiger charge is -2.26. The van der Waals surface area contributed by atoms with Gasteiger partial charge in [0, 0.05) is 25.9 Å². The SMILES string of the molecule is COCC(c1ccccn1)N(C)C(=O)c1cc(-c2ccc(O)cc2)n[nH]1. The third-order valence-corrected chi connectivity index (χ3v) is 4.11. The summed E-state index contributed by atoms with van der Waals surface area (Å²) in [5, 5.41) is 16.4. The van der Waals surface area contributed by atoms with Crippen LogP contribution in [0.4, 0.5) is 0 Å². The molecule has 0 fully saturated rings. The van der Waals surface area contributed by atoms with E-state index in [9.17, 15) is 9.90 Å². The molecule has 0 bridgehead atoms. The Morgan fingerprint density at radius 3 is 2.69 bits per heavy atom. The molecule has 0 radical (unpaired) electrons. The molecule has 0 aliphatic heterocycles. The van der Waals surface area contributed by atoms with Gasteiger partial charge in [-0.1, -0.05) is 6.07 Å². The summed E-state index contributed by atoms with van der Waals surface area (Å²) in [5.41, 5.74) is 2.55. The van der Waals surface area contributed by atoms with Crippen LogP contribution in [0.2, 0.25) is 0 Å². The van der Waals surface area contributed by atoms with E-state index < -0.39 is 0 Å². The number of aromatic amines is 1. The van der Waals surface area contributed by atoms with Crippen molar-refractivity contribution in [3.05, 3.63) is 66.1 Å². The van der Waals surface area contributed by atoms with Gasteiger partial charge in [-0.05, 0) is 42.5 Å². The summed E-state index contributed by atoms with van der Waals surface area (Å²) in [7, 11) is 3.30. The second kappa shape index (κ2) is 7.79. The molecule has 1 atom stereocenters. The first kappa shape index (κ1) is 17.6. The summed E-state index contributed by atoms with van der Waals surface area (Å²) in [6.07, 6.45) is 1.69. The molecular weight excluding hydrogens is 332 g/mol. The molecule has 2 N–H and O–H groups in total. The fraction of sp³-hybridized carbons (Fsp3) is 0.211. The van der Waals surface area contributed by atoms with Crippen LogP contribution in [0, 0.1) is 0 Å². The predicted molar refractivity (Wildman–Crippen MR) is 96.6 cm³/mol. The van der Waals surface area contributed by atoms with Gasteiger partial charge in [-0.25, -0.2) is 0 Å². The first-order chi connectivity index (χ1) is 12.6. The van der Waals surface area contributed by atoms with Crippen LogP contribution >= 0.6 is 0 Å². The van der Waals surface area contributed by atoms with Crippen molar-refractivity contribution >= 4 is 5.91 Å². The maximum Gasteiger partial charge on any atom is 0.272 e. The van der Waals surface area contributed by atoms with E-state index in [0.29, 0.717) is 18.0 Å². The number of hydrogen-bond acceptors (Lipinski definition) is 5. The lowest BCUT2D eigenvalue weighted by Crippen LogP contribution is -2.34. The number of phenolic OH excluding ortho intramolecular Hbond substituents is 1. The summed E-state index contributed by atoms with van der Waals surface area (Å²) in [6.45, 7) is 0.332. The van der Waals surface area contributed by atoms with Crippen molar-refractivity contribution in [1.82, 2.24) is 20.1 Å². The largest absolute Gasteiger partial charge is 0.508 e. The van der Waals surface area contributed by atoms with Crippen molar-refractivity contribution in [2.45, 2.75) is 6.04 Å². The number of nitrogens with zero attached hydrogens (tertiary/aromatic N) is 3. The van der Waals surface area contributed by atoms with E-state index in [1.807, 2.05) is 18.2 Å². The lowest BCUT2D eigenvalue weighted by atomic mass is 10.1. The second-order valence-corrected chi connectivity index (χ2v) is 5.86. The highest BCUT2D eigenvalue weighted by Gasteiger charge is 2.25. The fourth-order valence-corrected chi connectivity index (χ4v) is 2.67. The molecule has 26 heavy (non-hydrogen) atoms. The summed E-state index contributed by atoms with van der Waals surface area (Å²) < 4.78 is 5.27. The van der Waals surface area contributed by atoms with Gasteiger partial charge >= 0.3 is 0 Å². The van der Waals surface area contributed by atoms with Gasteiger partial charge in [-0.2, -0.15) is 5.10 Å². The summed E-state index contributed by atoms with van der Waals surface area (Å²) in [4.78, 5) is 18.8. The number of methoxy groups -OCH3 is 1. The highest BCUT2D eigenvalue weighted by molar-refractivity contribution is 5.93. The molecule has 0 saturated carbocycles. The second-order valence-electron chi connectivity index (χ2n) is 5.86. The van der Waals surface area contributed by atoms with Crippen LogP contribution in [0.25, 0.3) is 11.3 Å². The number of likely N-dealkylation sites (N-methyl/N-ethyl adjacent to an activating group) is 1. The molecule has 7 heteroatoms. The maximum atomic E-state index is 12.9. The molecule has 3 aromatic rings. The third-order valence-electron chi connectivity index (χ3n) is 4.11. The molecular formula is C19H20N4O3. The molecule has 1 amide bonds. The number of ether oxygens (including phenoxy) is 1. The van der Waals surface area contributed by atoms with E-state index in [2.05, 4.69) is 15.2 Å². The molecule has 0 spiro atoms. The highest BCUT2D eigenvalue weighted by Crippen LogP contribution is 2.23. The van der Waals surface area contributed by atoms with Gasteiger partial charge in [0.25, 0.3) is 5.91 Å². The Kier molecular flexibility index (Phi) is 5.28. The average Bonchev–Trinajstić information content (AvgIpc) is 3.16. The van der Waals surface area contributed by atoms with Crippen LogP contribution in [0.1, 0.15) is 22.2 Å². The standard InChI is InChI=1S/C19H20N4O3/c1-23(18(12-26-2)15-5-3-4-10-20-15)19(25)17-11-16(21-22-17)13-6-8-14(24)9-7-13/h3-11,18,24H,12H2,1-2H3,(H,21,22). The first-order valence-corrected chi connectivity index (χ1v) is 8.12. The van der Waals surface area contributed by atoms with Crippen LogP contribution in [0.5, 0.6) is 5.75 Å². The fourth-order valence-electron chi connectivity index (χ4n) is 2.67. The van der Waals surface area contributed by atoms with E-state index in [1.54, 1.807) is 55.6 Å². The van der Waals surface area contributed by atoms with Crippen molar-refractivity contribution in [3.8, 4) is 17.0 Å². The number of phenols is 1. The van der Waals surface area contributed by atoms with Crippen LogP contribution in [0.15, 0.2) is 54.7 Å². The van der Waals surface area contributed by atoms with Crippen LogP contribution in [-0.2, 0) is 4.74 Å². The summed E-state index contributed by atoms with van der Waals surface area (Å²) in [5.74, 6) is -0.0340. The molecule has 0 saturated heterocycles. The van der Waals surface area contributed by atoms with Gasteiger partial charge in [0.2, 0.25) is 0 Å². The van der Waals surface area contributed by atoms with Crippen molar-refractivity contribution in [1.29, 1.82) is 0 Å². The van der Waals surface area contributed by atoms with Crippen molar-refractivity contribution < 1.29 is 14.6 Å². The number of hydrogen-bond donors (Lipinski definition) is 2. The minimum atomic E-state index is -0.311. The number of benzene rings is 1. The highest BCUT2D eigenvalue weighted by atomic mass is 16.5. The summed E-state index contributed by atoms with van der Waals surface area (Å²) >= 11 is 0. The quantitative estimate of drug-likeness (QED) is 0.712. The first-order valence-electron chi connectivity index (χ1n) is 8.12. The Bertz CT molecular complexity index is 862. The van der Waals surface area contributed by atoms with Crippen molar-refractivity contribution in [3.63, 3.8) is 0 Å².